The van der Waals surface area contributed by atoms with E-state index in [4.69, 9.17) is 0 Å². The van der Waals surface area contributed by atoms with E-state index >= 15 is 0 Å². The molecule has 2 amide bonds. The number of carbonyl (C=O) groups is 2. The number of halogens is 1. The summed E-state index contributed by atoms with van der Waals surface area (Å²) in [7, 11) is 0. The molecule has 4 rings (SSSR count). The van der Waals surface area contributed by atoms with Crippen molar-refractivity contribution in [2.45, 2.75) is 24.3 Å². The summed E-state index contributed by atoms with van der Waals surface area (Å²) in [5, 5.41) is 9.59. The van der Waals surface area contributed by atoms with Crippen molar-refractivity contribution in [3.05, 3.63) is 71.0 Å². The lowest BCUT2D eigenvalue weighted by molar-refractivity contribution is 0.0422. The van der Waals surface area contributed by atoms with Gasteiger partial charge in [-0.1, -0.05) is 24.3 Å². The average molecular weight is 320 g/mol. The fourth-order valence-corrected chi connectivity index (χ4v) is 3.63. The first kappa shape index (κ1) is 14.6. The van der Waals surface area contributed by atoms with Crippen molar-refractivity contribution in [3.8, 4) is 6.07 Å². The molecule has 24 heavy (non-hydrogen) atoms. The summed E-state index contributed by atoms with van der Waals surface area (Å²) in [6.45, 7) is 0. The van der Waals surface area contributed by atoms with Crippen LogP contribution in [0.4, 0.5) is 4.39 Å². The van der Waals surface area contributed by atoms with E-state index < -0.39 is 5.41 Å². The zero-order valence-corrected chi connectivity index (χ0v) is 12.7. The summed E-state index contributed by atoms with van der Waals surface area (Å²) >= 11 is 0. The number of amides is 2. The van der Waals surface area contributed by atoms with E-state index in [-0.39, 0.29) is 23.7 Å². The highest BCUT2D eigenvalue weighted by Gasteiger charge is 2.53. The largest absolute Gasteiger partial charge is 0.271 e. The summed E-state index contributed by atoms with van der Waals surface area (Å²) in [5.41, 5.74) is 0.782. The highest BCUT2D eigenvalue weighted by Crippen LogP contribution is 2.47. The standard InChI is InChI=1S/C19H13FN2O2/c20-13-7-5-12(6-8-13)19(11-21)9-14(10-19)22-17(23)15-3-1-2-4-16(15)18(22)24/h1-8,14H,9-10H2. The van der Waals surface area contributed by atoms with Crippen LogP contribution in [0.15, 0.2) is 48.5 Å². The van der Waals surface area contributed by atoms with Crippen LogP contribution in [0.2, 0.25) is 0 Å². The maximum absolute atomic E-state index is 13.1. The molecule has 0 atom stereocenters. The molecule has 1 fully saturated rings. The van der Waals surface area contributed by atoms with Gasteiger partial charge in [0.2, 0.25) is 0 Å². The van der Waals surface area contributed by atoms with Gasteiger partial charge in [-0.2, -0.15) is 5.26 Å². The molecular formula is C19H13FN2O2. The second-order valence-corrected chi connectivity index (χ2v) is 6.29. The Labute approximate surface area is 138 Å². The highest BCUT2D eigenvalue weighted by atomic mass is 19.1. The van der Waals surface area contributed by atoms with Gasteiger partial charge < -0.3 is 0 Å². The molecule has 1 aliphatic carbocycles. The molecule has 1 heterocycles. The monoisotopic (exact) mass is 320 g/mol. The first-order valence-electron chi connectivity index (χ1n) is 7.70. The maximum atomic E-state index is 13.1. The molecule has 0 aromatic heterocycles. The van der Waals surface area contributed by atoms with Crippen molar-refractivity contribution in [1.82, 2.24) is 4.90 Å². The molecule has 118 valence electrons. The van der Waals surface area contributed by atoms with Crippen LogP contribution in [0.5, 0.6) is 0 Å². The van der Waals surface area contributed by atoms with E-state index in [1.54, 1.807) is 36.4 Å². The molecular weight excluding hydrogens is 307 g/mol. The van der Waals surface area contributed by atoms with Crippen molar-refractivity contribution >= 4 is 11.8 Å². The highest BCUT2D eigenvalue weighted by molar-refractivity contribution is 6.21. The third-order valence-corrected chi connectivity index (χ3v) is 4.97. The number of hydrogen-bond donors (Lipinski definition) is 0. The fraction of sp³-hybridized carbons (Fsp3) is 0.211. The molecule has 0 spiro atoms. The van der Waals surface area contributed by atoms with Gasteiger partial charge in [-0.15, -0.1) is 0 Å². The van der Waals surface area contributed by atoms with E-state index in [2.05, 4.69) is 6.07 Å². The lowest BCUT2D eigenvalue weighted by atomic mass is 9.62. The normalized spacial score (nSPS) is 25.2. The second-order valence-electron chi connectivity index (χ2n) is 6.29. The molecule has 1 aliphatic heterocycles. The molecule has 5 heteroatoms. The Morgan fingerprint density at radius 3 is 2.04 bits per heavy atom. The topological polar surface area (TPSA) is 61.2 Å². The zero-order chi connectivity index (χ0) is 16.9. The first-order valence-corrected chi connectivity index (χ1v) is 7.70. The van der Waals surface area contributed by atoms with Gasteiger partial charge in [0.25, 0.3) is 11.8 Å². The number of fused-ring (bicyclic) bond motifs is 1. The molecule has 2 aliphatic rings. The van der Waals surface area contributed by atoms with Gasteiger partial charge in [0.05, 0.1) is 22.6 Å². The summed E-state index contributed by atoms with van der Waals surface area (Å²) in [6.07, 6.45) is 0.751. The molecule has 2 aromatic rings. The van der Waals surface area contributed by atoms with Gasteiger partial charge in [0.15, 0.2) is 0 Å². The third-order valence-electron chi connectivity index (χ3n) is 4.97. The number of nitrogens with zero attached hydrogens (tertiary/aromatic N) is 2. The number of rotatable bonds is 2. The molecule has 1 saturated carbocycles. The number of hydrogen-bond acceptors (Lipinski definition) is 3. The van der Waals surface area contributed by atoms with Crippen molar-refractivity contribution in [1.29, 1.82) is 5.26 Å². The van der Waals surface area contributed by atoms with E-state index in [0.717, 1.165) is 5.56 Å². The molecule has 0 saturated heterocycles. The second kappa shape index (κ2) is 5.00. The van der Waals surface area contributed by atoms with Gasteiger partial charge in [0.1, 0.15) is 5.82 Å². The number of benzene rings is 2. The van der Waals surface area contributed by atoms with E-state index in [1.807, 2.05) is 0 Å². The molecule has 0 unspecified atom stereocenters. The Morgan fingerprint density at radius 1 is 1.00 bits per heavy atom. The fourth-order valence-electron chi connectivity index (χ4n) is 3.63. The van der Waals surface area contributed by atoms with Crippen LogP contribution in [-0.2, 0) is 5.41 Å². The average Bonchev–Trinajstić information content (AvgIpc) is 2.81. The van der Waals surface area contributed by atoms with Gasteiger partial charge in [-0.3, -0.25) is 14.5 Å². The zero-order valence-electron chi connectivity index (χ0n) is 12.7. The predicted molar refractivity (Wildman–Crippen MR) is 83.7 cm³/mol. The predicted octanol–water partition coefficient (Wildman–Crippen LogP) is 3.05. The summed E-state index contributed by atoms with van der Waals surface area (Å²) in [5.74, 6) is -0.958. The van der Waals surface area contributed by atoms with Gasteiger partial charge in [-0.05, 0) is 42.7 Å². The maximum Gasteiger partial charge on any atom is 0.261 e. The molecule has 0 radical (unpaired) electrons. The minimum Gasteiger partial charge on any atom is -0.271 e. The van der Waals surface area contributed by atoms with Gasteiger partial charge in [0, 0.05) is 6.04 Å². The molecule has 2 aromatic carbocycles. The van der Waals surface area contributed by atoms with E-state index in [1.165, 1.54) is 17.0 Å². The van der Waals surface area contributed by atoms with Crippen LogP contribution in [-0.4, -0.2) is 22.8 Å². The van der Waals surface area contributed by atoms with Gasteiger partial charge in [-0.25, -0.2) is 4.39 Å². The quantitative estimate of drug-likeness (QED) is 0.799. The van der Waals surface area contributed by atoms with Crippen molar-refractivity contribution in [3.63, 3.8) is 0 Å². The Kier molecular flexibility index (Phi) is 3.04. The van der Waals surface area contributed by atoms with Crippen LogP contribution in [0.25, 0.3) is 0 Å². The first-order chi connectivity index (χ1) is 11.6. The Morgan fingerprint density at radius 2 is 1.54 bits per heavy atom. The Bertz CT molecular complexity index is 857. The summed E-state index contributed by atoms with van der Waals surface area (Å²) in [4.78, 5) is 26.3. The minimum absolute atomic E-state index is 0.300. The SMILES string of the molecule is N#CC1(c2ccc(F)cc2)CC(N2C(=O)c3ccccc3C2=O)C1. The Hall–Kier alpha value is -3.00. The van der Waals surface area contributed by atoms with Crippen molar-refractivity contribution < 1.29 is 14.0 Å². The lowest BCUT2D eigenvalue weighted by Crippen LogP contribution is -2.54. The number of imide groups is 1. The summed E-state index contributed by atoms with van der Waals surface area (Å²) < 4.78 is 13.1. The lowest BCUT2D eigenvalue weighted by Gasteiger charge is -2.46. The smallest absolute Gasteiger partial charge is 0.261 e. The number of carbonyl (C=O) groups excluding carboxylic acids is 2. The van der Waals surface area contributed by atoms with Crippen LogP contribution in [0.1, 0.15) is 39.1 Å². The van der Waals surface area contributed by atoms with Crippen LogP contribution >= 0.6 is 0 Å². The number of nitriles is 1. The van der Waals surface area contributed by atoms with Crippen molar-refractivity contribution in [2.75, 3.05) is 0 Å². The van der Waals surface area contributed by atoms with E-state index in [9.17, 15) is 19.2 Å². The molecule has 0 N–H and O–H groups in total. The van der Waals surface area contributed by atoms with Crippen LogP contribution < -0.4 is 0 Å². The van der Waals surface area contributed by atoms with Crippen molar-refractivity contribution in [2.24, 2.45) is 0 Å². The summed E-state index contributed by atoms with van der Waals surface area (Å²) in [6, 6.07) is 14.6. The molecule has 0 bridgehead atoms. The van der Waals surface area contributed by atoms with Crippen LogP contribution in [0, 0.1) is 17.1 Å². The third kappa shape index (κ3) is 1.89. The van der Waals surface area contributed by atoms with E-state index in [0.29, 0.717) is 24.0 Å². The molecule has 4 nitrogen and oxygen atoms in total. The Balaban J connectivity index is 1.60. The minimum atomic E-state index is -0.770. The van der Waals surface area contributed by atoms with Gasteiger partial charge >= 0.3 is 0 Å². The van der Waals surface area contributed by atoms with Crippen LogP contribution in [0.3, 0.4) is 0 Å².